The van der Waals surface area contributed by atoms with Crippen molar-refractivity contribution in [1.82, 2.24) is 4.31 Å². The highest BCUT2D eigenvalue weighted by Crippen LogP contribution is 2.27. The normalized spacial score (nSPS) is 13.1. The summed E-state index contributed by atoms with van der Waals surface area (Å²) in [7, 11) is -3.52. The van der Waals surface area contributed by atoms with E-state index in [2.05, 4.69) is 15.9 Å². The molecule has 0 N–H and O–H groups in total. The summed E-state index contributed by atoms with van der Waals surface area (Å²) in [5, 5.41) is 0. The Labute approximate surface area is 110 Å². The molecule has 1 rings (SSSR count). The van der Waals surface area contributed by atoms with Crippen LogP contribution in [0.4, 0.5) is 17.6 Å². The van der Waals surface area contributed by atoms with Crippen LogP contribution in [0, 0.1) is 5.82 Å². The maximum absolute atomic E-state index is 12.8. The standard InChI is InChI=1S/C9H8BrF4NO2S/c1-15(5-9(12,13)14)18(16,17)8-3-2-6(11)4-7(8)10/h2-4H,5H2,1H3. The number of benzene rings is 1. The summed E-state index contributed by atoms with van der Waals surface area (Å²) in [6.45, 7) is -1.61. The van der Waals surface area contributed by atoms with Gasteiger partial charge in [0.05, 0.1) is 4.90 Å². The topological polar surface area (TPSA) is 37.4 Å². The fourth-order valence-corrected chi connectivity index (χ4v) is 3.35. The molecule has 0 aliphatic heterocycles. The zero-order valence-corrected chi connectivity index (χ0v) is 11.4. The third kappa shape index (κ3) is 3.66. The van der Waals surface area contributed by atoms with E-state index in [0.29, 0.717) is 0 Å². The van der Waals surface area contributed by atoms with Gasteiger partial charge in [-0.1, -0.05) is 0 Å². The number of halogens is 5. The molecule has 0 aromatic heterocycles. The number of rotatable bonds is 3. The van der Waals surface area contributed by atoms with E-state index in [0.717, 1.165) is 25.2 Å². The van der Waals surface area contributed by atoms with Crippen molar-refractivity contribution in [2.24, 2.45) is 0 Å². The van der Waals surface area contributed by atoms with Gasteiger partial charge in [-0.05, 0) is 34.1 Å². The van der Waals surface area contributed by atoms with Crippen LogP contribution in [-0.2, 0) is 10.0 Å². The Balaban J connectivity index is 3.14. The van der Waals surface area contributed by atoms with E-state index in [-0.39, 0.29) is 8.78 Å². The minimum atomic E-state index is -4.64. The van der Waals surface area contributed by atoms with Crippen molar-refractivity contribution in [1.29, 1.82) is 0 Å². The quantitative estimate of drug-likeness (QED) is 0.787. The Morgan fingerprint density at radius 2 is 1.89 bits per heavy atom. The van der Waals surface area contributed by atoms with Crippen LogP contribution in [0.15, 0.2) is 27.6 Å². The van der Waals surface area contributed by atoms with Gasteiger partial charge in [-0.25, -0.2) is 12.8 Å². The Kier molecular flexibility index (Phi) is 4.39. The van der Waals surface area contributed by atoms with Crippen LogP contribution in [0.2, 0.25) is 0 Å². The zero-order chi connectivity index (χ0) is 14.1. The average Bonchev–Trinajstić information content (AvgIpc) is 2.13. The van der Waals surface area contributed by atoms with Crippen molar-refractivity contribution >= 4 is 26.0 Å². The predicted octanol–water partition coefficient (Wildman–Crippen LogP) is 2.77. The maximum atomic E-state index is 12.8. The summed E-state index contributed by atoms with van der Waals surface area (Å²) in [4.78, 5) is -0.421. The number of hydrogen-bond donors (Lipinski definition) is 0. The molecule has 9 heteroatoms. The Hall–Kier alpha value is -0.670. The fourth-order valence-electron chi connectivity index (χ4n) is 1.19. The number of sulfonamides is 1. The van der Waals surface area contributed by atoms with Gasteiger partial charge in [-0.2, -0.15) is 17.5 Å². The molecule has 18 heavy (non-hydrogen) atoms. The van der Waals surface area contributed by atoms with Gasteiger partial charge in [-0.3, -0.25) is 0 Å². The number of hydrogen-bond acceptors (Lipinski definition) is 2. The van der Waals surface area contributed by atoms with Gasteiger partial charge in [0.25, 0.3) is 0 Å². The van der Waals surface area contributed by atoms with E-state index in [9.17, 15) is 26.0 Å². The molecule has 0 heterocycles. The molecule has 0 unspecified atom stereocenters. The molecule has 0 aliphatic rings. The van der Waals surface area contributed by atoms with E-state index in [1.54, 1.807) is 0 Å². The second-order valence-corrected chi connectivity index (χ2v) is 6.32. The minimum Gasteiger partial charge on any atom is -0.207 e. The molecule has 0 radical (unpaired) electrons. The summed E-state index contributed by atoms with van der Waals surface area (Å²) in [6, 6.07) is 2.63. The minimum absolute atomic E-state index is 0.128. The highest BCUT2D eigenvalue weighted by molar-refractivity contribution is 9.10. The molecule has 0 bridgehead atoms. The van der Waals surface area contributed by atoms with Gasteiger partial charge in [0, 0.05) is 11.5 Å². The first-order valence-electron chi connectivity index (χ1n) is 4.52. The first-order valence-corrected chi connectivity index (χ1v) is 6.75. The smallest absolute Gasteiger partial charge is 0.207 e. The second kappa shape index (κ2) is 5.14. The van der Waals surface area contributed by atoms with E-state index in [1.807, 2.05) is 0 Å². The lowest BCUT2D eigenvalue weighted by atomic mass is 10.3. The van der Waals surface area contributed by atoms with E-state index in [1.165, 1.54) is 0 Å². The van der Waals surface area contributed by atoms with Crippen LogP contribution in [0.25, 0.3) is 0 Å². The van der Waals surface area contributed by atoms with Gasteiger partial charge >= 0.3 is 6.18 Å². The molecular formula is C9H8BrF4NO2S. The van der Waals surface area contributed by atoms with Crippen molar-refractivity contribution in [3.63, 3.8) is 0 Å². The monoisotopic (exact) mass is 349 g/mol. The second-order valence-electron chi connectivity index (χ2n) is 3.45. The molecule has 0 atom stereocenters. The van der Waals surface area contributed by atoms with Crippen LogP contribution in [-0.4, -0.2) is 32.5 Å². The van der Waals surface area contributed by atoms with Crippen LogP contribution in [0.1, 0.15) is 0 Å². The SMILES string of the molecule is CN(CC(F)(F)F)S(=O)(=O)c1ccc(F)cc1Br. The summed E-state index contributed by atoms with van der Waals surface area (Å²) in [5.41, 5.74) is 0. The van der Waals surface area contributed by atoms with E-state index < -0.39 is 33.5 Å². The van der Waals surface area contributed by atoms with Crippen LogP contribution < -0.4 is 0 Å². The lowest BCUT2D eigenvalue weighted by Gasteiger charge is -2.19. The first kappa shape index (κ1) is 15.4. The summed E-state index contributed by atoms with van der Waals surface area (Å²) >= 11 is 2.80. The highest BCUT2D eigenvalue weighted by Gasteiger charge is 2.35. The average molecular weight is 350 g/mol. The van der Waals surface area contributed by atoms with E-state index >= 15 is 0 Å². The molecule has 0 saturated carbocycles. The molecule has 102 valence electrons. The molecule has 0 spiro atoms. The van der Waals surface area contributed by atoms with Crippen LogP contribution >= 0.6 is 15.9 Å². The molecule has 0 amide bonds. The summed E-state index contributed by atoms with van der Waals surface area (Å²) < 4.78 is 72.9. The van der Waals surface area contributed by atoms with Gasteiger partial charge < -0.3 is 0 Å². The molecule has 1 aromatic rings. The lowest BCUT2D eigenvalue weighted by Crippen LogP contribution is -2.36. The Morgan fingerprint density at radius 1 is 1.33 bits per heavy atom. The lowest BCUT2D eigenvalue weighted by molar-refractivity contribution is -0.134. The van der Waals surface area contributed by atoms with Gasteiger partial charge in [0.1, 0.15) is 12.4 Å². The third-order valence-corrected chi connectivity index (χ3v) is 4.76. The third-order valence-electron chi connectivity index (χ3n) is 1.98. The van der Waals surface area contributed by atoms with Crippen LogP contribution in [0.3, 0.4) is 0 Å². The molecule has 0 aliphatic carbocycles. The van der Waals surface area contributed by atoms with Gasteiger partial charge in [0.15, 0.2) is 0 Å². The Bertz CT molecular complexity index is 544. The first-order chi connectivity index (χ1) is 8.04. The maximum Gasteiger partial charge on any atom is 0.402 e. The largest absolute Gasteiger partial charge is 0.402 e. The number of alkyl halides is 3. The van der Waals surface area contributed by atoms with Gasteiger partial charge in [-0.15, -0.1) is 0 Å². The van der Waals surface area contributed by atoms with Crippen molar-refractivity contribution in [3.8, 4) is 0 Å². The molecule has 0 fully saturated rings. The van der Waals surface area contributed by atoms with Gasteiger partial charge in [0.2, 0.25) is 10.0 Å². The van der Waals surface area contributed by atoms with Crippen molar-refractivity contribution in [2.45, 2.75) is 11.1 Å². The van der Waals surface area contributed by atoms with E-state index in [4.69, 9.17) is 0 Å². The zero-order valence-electron chi connectivity index (χ0n) is 9.00. The van der Waals surface area contributed by atoms with Crippen molar-refractivity contribution < 1.29 is 26.0 Å². The molecule has 0 saturated heterocycles. The number of nitrogens with zero attached hydrogens (tertiary/aromatic N) is 1. The molecule has 3 nitrogen and oxygen atoms in total. The predicted molar refractivity (Wildman–Crippen MR) is 60.0 cm³/mol. The fraction of sp³-hybridized carbons (Fsp3) is 0.333. The van der Waals surface area contributed by atoms with Crippen molar-refractivity contribution in [3.05, 3.63) is 28.5 Å². The Morgan fingerprint density at radius 3 is 2.33 bits per heavy atom. The highest BCUT2D eigenvalue weighted by atomic mass is 79.9. The molecular weight excluding hydrogens is 342 g/mol. The van der Waals surface area contributed by atoms with Crippen LogP contribution in [0.5, 0.6) is 0 Å². The summed E-state index contributed by atoms with van der Waals surface area (Å²) in [5.74, 6) is -0.695. The van der Waals surface area contributed by atoms with Crippen molar-refractivity contribution in [2.75, 3.05) is 13.6 Å². The summed E-state index contributed by atoms with van der Waals surface area (Å²) in [6.07, 6.45) is -4.64. The molecule has 1 aromatic carbocycles.